The van der Waals surface area contributed by atoms with E-state index < -0.39 is 0 Å². The molecule has 1 N–H and O–H groups in total. The second kappa shape index (κ2) is 14.2. The molecule has 0 spiro atoms. The third kappa shape index (κ3) is 7.04. The van der Waals surface area contributed by atoms with E-state index in [0.717, 1.165) is 28.3 Å². The minimum Gasteiger partial charge on any atom is -0.497 e. The number of hydrogen-bond acceptors (Lipinski definition) is 10. The first-order chi connectivity index (χ1) is 21.8. The van der Waals surface area contributed by atoms with E-state index in [1.807, 2.05) is 48.5 Å². The summed E-state index contributed by atoms with van der Waals surface area (Å²) in [5.41, 5.74) is 3.10. The minimum atomic E-state index is -0.299. The molecule has 1 aromatic heterocycles. The summed E-state index contributed by atoms with van der Waals surface area (Å²) in [6, 6.07) is 20.0. The predicted molar refractivity (Wildman–Crippen MR) is 169 cm³/mol. The van der Waals surface area contributed by atoms with E-state index in [1.165, 1.54) is 26.0 Å². The third-order valence-corrected chi connectivity index (χ3v) is 8.40. The Bertz CT molecular complexity index is 1690. The van der Waals surface area contributed by atoms with Gasteiger partial charge in [0.25, 0.3) is 11.8 Å². The Labute approximate surface area is 265 Å². The van der Waals surface area contributed by atoms with Gasteiger partial charge in [0.15, 0.2) is 22.5 Å². The van der Waals surface area contributed by atoms with E-state index >= 15 is 0 Å². The topological polar surface area (TPSA) is 129 Å². The van der Waals surface area contributed by atoms with Crippen LogP contribution in [-0.4, -0.2) is 71.5 Å². The van der Waals surface area contributed by atoms with Crippen molar-refractivity contribution in [1.82, 2.24) is 25.1 Å². The smallest absolute Gasteiger partial charge is 0.253 e. The van der Waals surface area contributed by atoms with E-state index in [1.54, 1.807) is 49.0 Å². The standard InChI is InChI=1S/C32H34N6O6S/c1-37-29(18-33-31(40)22-10-15-27(43-4)28(16-22)44-5)34-35-32(37)45-19-30(39)38-26(21-8-13-24(42-3)14-9-21)17-25(36-38)20-6-11-23(41-2)12-7-20/h6-16,26H,17-19H2,1-5H3,(H,33,40)/t26-/m0/s1. The molecule has 0 fully saturated rings. The molecule has 1 aliphatic rings. The van der Waals surface area contributed by atoms with Crippen molar-refractivity contribution in [2.75, 3.05) is 34.2 Å². The number of hydrogen-bond donors (Lipinski definition) is 1. The van der Waals surface area contributed by atoms with E-state index in [4.69, 9.17) is 24.0 Å². The Kier molecular flexibility index (Phi) is 9.88. The number of aromatic nitrogens is 3. The normalized spacial score (nSPS) is 14.1. The molecule has 13 heteroatoms. The average molecular weight is 631 g/mol. The Balaban J connectivity index is 1.26. The quantitative estimate of drug-likeness (QED) is 0.229. The number of carbonyl (C=O) groups is 2. The van der Waals surface area contributed by atoms with Crippen molar-refractivity contribution in [3.63, 3.8) is 0 Å². The molecule has 12 nitrogen and oxygen atoms in total. The molecule has 1 atom stereocenters. The summed E-state index contributed by atoms with van der Waals surface area (Å²) < 4.78 is 22.9. The summed E-state index contributed by atoms with van der Waals surface area (Å²) >= 11 is 1.26. The van der Waals surface area contributed by atoms with Crippen LogP contribution in [-0.2, 0) is 18.4 Å². The molecule has 234 valence electrons. The van der Waals surface area contributed by atoms with Gasteiger partial charge in [-0.15, -0.1) is 10.2 Å². The fourth-order valence-electron chi connectivity index (χ4n) is 4.84. The number of benzene rings is 3. The van der Waals surface area contributed by atoms with Gasteiger partial charge in [0.05, 0.1) is 52.5 Å². The fourth-order valence-corrected chi connectivity index (χ4v) is 5.62. The number of rotatable bonds is 12. The van der Waals surface area contributed by atoms with Gasteiger partial charge in [-0.1, -0.05) is 23.9 Å². The number of nitrogens with one attached hydrogen (secondary N) is 1. The van der Waals surface area contributed by atoms with Gasteiger partial charge in [0, 0.05) is 19.0 Å². The first kappa shape index (κ1) is 31.4. The van der Waals surface area contributed by atoms with E-state index in [-0.39, 0.29) is 30.2 Å². The van der Waals surface area contributed by atoms with E-state index in [9.17, 15) is 9.59 Å². The molecule has 0 radical (unpaired) electrons. The number of methoxy groups -OCH3 is 4. The number of carbonyl (C=O) groups excluding carboxylic acids is 2. The Morgan fingerprint density at radius 1 is 0.867 bits per heavy atom. The van der Waals surface area contributed by atoms with Gasteiger partial charge in [-0.3, -0.25) is 9.59 Å². The summed E-state index contributed by atoms with van der Waals surface area (Å²) in [7, 11) is 8.08. The monoisotopic (exact) mass is 630 g/mol. The summed E-state index contributed by atoms with van der Waals surface area (Å²) in [4.78, 5) is 26.4. The Morgan fingerprint density at radius 3 is 2.18 bits per heavy atom. The van der Waals surface area contributed by atoms with Crippen molar-refractivity contribution in [3.8, 4) is 23.0 Å². The lowest BCUT2D eigenvalue weighted by molar-refractivity contribution is -0.130. The lowest BCUT2D eigenvalue weighted by Crippen LogP contribution is -2.28. The third-order valence-electron chi connectivity index (χ3n) is 7.39. The number of nitrogens with zero attached hydrogens (tertiary/aromatic N) is 5. The highest BCUT2D eigenvalue weighted by molar-refractivity contribution is 7.99. The van der Waals surface area contributed by atoms with E-state index in [2.05, 4.69) is 15.5 Å². The molecule has 3 aromatic carbocycles. The van der Waals surface area contributed by atoms with Crippen LogP contribution in [0.15, 0.2) is 77.0 Å². The second-order valence-electron chi connectivity index (χ2n) is 10.0. The van der Waals surface area contributed by atoms with Crippen molar-refractivity contribution < 1.29 is 28.5 Å². The van der Waals surface area contributed by atoms with Crippen molar-refractivity contribution >= 4 is 29.3 Å². The zero-order valence-electron chi connectivity index (χ0n) is 25.6. The molecule has 0 unspecified atom stereocenters. The van der Waals surface area contributed by atoms with Crippen LogP contribution in [0, 0.1) is 0 Å². The summed E-state index contributed by atoms with van der Waals surface area (Å²) in [6.07, 6.45) is 0.558. The lowest BCUT2D eigenvalue weighted by Gasteiger charge is -2.22. The van der Waals surface area contributed by atoms with Crippen LogP contribution in [0.4, 0.5) is 0 Å². The van der Waals surface area contributed by atoms with Crippen molar-refractivity contribution in [1.29, 1.82) is 0 Å². The summed E-state index contributed by atoms with van der Waals surface area (Å²) in [6.45, 7) is 0.145. The summed E-state index contributed by atoms with van der Waals surface area (Å²) in [5.74, 6) is 2.64. The maximum atomic E-state index is 13.6. The number of hydrazone groups is 1. The van der Waals surface area contributed by atoms with Crippen molar-refractivity contribution in [3.05, 3.63) is 89.2 Å². The van der Waals surface area contributed by atoms with Crippen LogP contribution in [0.2, 0.25) is 0 Å². The van der Waals surface area contributed by atoms with Crippen LogP contribution >= 0.6 is 11.8 Å². The van der Waals surface area contributed by atoms with Gasteiger partial charge in [0.1, 0.15) is 11.5 Å². The number of thioether (sulfide) groups is 1. The molecule has 4 aromatic rings. The maximum Gasteiger partial charge on any atom is 0.253 e. The van der Waals surface area contributed by atoms with Crippen LogP contribution in [0.25, 0.3) is 0 Å². The summed E-state index contributed by atoms with van der Waals surface area (Å²) in [5, 5.41) is 18.2. The zero-order chi connectivity index (χ0) is 31.9. The molecule has 2 heterocycles. The molecule has 45 heavy (non-hydrogen) atoms. The van der Waals surface area contributed by atoms with Crippen molar-refractivity contribution in [2.24, 2.45) is 12.1 Å². The second-order valence-corrected chi connectivity index (χ2v) is 10.9. The molecule has 1 aliphatic heterocycles. The van der Waals surface area contributed by atoms with Gasteiger partial charge >= 0.3 is 0 Å². The zero-order valence-corrected chi connectivity index (χ0v) is 26.5. The highest BCUT2D eigenvalue weighted by atomic mass is 32.2. The molecular weight excluding hydrogens is 596 g/mol. The molecule has 0 saturated heterocycles. The largest absolute Gasteiger partial charge is 0.497 e. The molecule has 0 aliphatic carbocycles. The van der Waals surface area contributed by atoms with Gasteiger partial charge in [-0.2, -0.15) is 5.10 Å². The minimum absolute atomic E-state index is 0.0933. The molecule has 0 saturated carbocycles. The molecule has 0 bridgehead atoms. The number of amides is 2. The first-order valence-corrected chi connectivity index (χ1v) is 15.0. The van der Waals surface area contributed by atoms with Gasteiger partial charge in [-0.25, -0.2) is 5.01 Å². The first-order valence-electron chi connectivity index (χ1n) is 14.0. The van der Waals surface area contributed by atoms with E-state index in [0.29, 0.717) is 34.5 Å². The van der Waals surface area contributed by atoms with Crippen LogP contribution in [0.3, 0.4) is 0 Å². The highest BCUT2D eigenvalue weighted by Crippen LogP contribution is 2.35. The fraction of sp³-hybridized carbons (Fsp3) is 0.281. The molecule has 5 rings (SSSR count). The average Bonchev–Trinajstić information content (AvgIpc) is 3.69. The predicted octanol–water partition coefficient (Wildman–Crippen LogP) is 4.25. The SMILES string of the molecule is COc1ccc(C2=NN(C(=O)CSc3nnc(CNC(=O)c4ccc(OC)c(OC)c4)n3C)[C@H](c3ccc(OC)cc3)C2)cc1. The highest BCUT2D eigenvalue weighted by Gasteiger charge is 2.33. The van der Waals surface area contributed by atoms with Gasteiger partial charge in [0.2, 0.25) is 0 Å². The van der Waals surface area contributed by atoms with Crippen LogP contribution in [0.5, 0.6) is 23.0 Å². The van der Waals surface area contributed by atoms with Gasteiger partial charge in [-0.05, 0) is 65.7 Å². The van der Waals surface area contributed by atoms with Crippen molar-refractivity contribution in [2.45, 2.75) is 24.2 Å². The Hall–Kier alpha value is -5.04. The van der Waals surface area contributed by atoms with Gasteiger partial charge < -0.3 is 28.8 Å². The number of ether oxygens (including phenoxy) is 4. The Morgan fingerprint density at radius 2 is 1.53 bits per heavy atom. The molecular formula is C32H34N6O6S. The lowest BCUT2D eigenvalue weighted by atomic mass is 9.98. The van der Waals surface area contributed by atoms with Crippen LogP contribution in [0.1, 0.15) is 39.8 Å². The maximum absolute atomic E-state index is 13.6. The van der Waals surface area contributed by atoms with Crippen LogP contribution < -0.4 is 24.3 Å². The molecule has 2 amide bonds.